The van der Waals surface area contributed by atoms with E-state index in [0.29, 0.717) is 13.1 Å². The van der Waals surface area contributed by atoms with E-state index in [1.807, 2.05) is 17.0 Å². The lowest BCUT2D eigenvalue weighted by Gasteiger charge is -2.35. The molecule has 1 amide bonds. The molecule has 0 radical (unpaired) electrons. The van der Waals surface area contributed by atoms with E-state index in [1.54, 1.807) is 0 Å². The summed E-state index contributed by atoms with van der Waals surface area (Å²) in [5.74, 6) is 0.0497. The lowest BCUT2D eigenvalue weighted by atomic mass is 9.89. The van der Waals surface area contributed by atoms with Gasteiger partial charge in [-0.25, -0.2) is 0 Å². The topological polar surface area (TPSA) is 52.6 Å². The molecule has 0 bridgehead atoms. The Morgan fingerprint density at radius 3 is 3.05 bits per heavy atom. The van der Waals surface area contributed by atoms with Gasteiger partial charge in [-0.15, -0.1) is 0 Å². The van der Waals surface area contributed by atoms with Crippen molar-refractivity contribution in [3.8, 4) is 0 Å². The van der Waals surface area contributed by atoms with Crippen molar-refractivity contribution < 1.29 is 9.90 Å². The molecule has 2 N–H and O–H groups in total. The predicted octanol–water partition coefficient (Wildman–Crippen LogP) is 0.857. The van der Waals surface area contributed by atoms with Gasteiger partial charge in [0, 0.05) is 26.2 Å². The van der Waals surface area contributed by atoms with Crippen LogP contribution in [0.5, 0.6) is 0 Å². The standard InChI is InChI=1S/C15H20N2O2/c18-12-5-3-7-17(10-12)15(19)14-9-16-8-11-4-1-2-6-13(11)14/h1-2,4,6,12,14,16,18H,3,5,7-10H2. The van der Waals surface area contributed by atoms with Gasteiger partial charge in [0.25, 0.3) is 0 Å². The van der Waals surface area contributed by atoms with Crippen LogP contribution in [0, 0.1) is 0 Å². The summed E-state index contributed by atoms with van der Waals surface area (Å²) in [5, 5.41) is 13.0. The molecule has 2 aliphatic heterocycles. The zero-order valence-corrected chi connectivity index (χ0v) is 11.0. The zero-order valence-electron chi connectivity index (χ0n) is 11.0. The van der Waals surface area contributed by atoms with Crippen molar-refractivity contribution >= 4 is 5.91 Å². The van der Waals surface area contributed by atoms with Crippen molar-refractivity contribution in [1.29, 1.82) is 0 Å². The number of nitrogens with one attached hydrogen (secondary N) is 1. The predicted molar refractivity (Wildman–Crippen MR) is 72.7 cm³/mol. The molecule has 2 heterocycles. The highest BCUT2D eigenvalue weighted by Gasteiger charge is 2.31. The van der Waals surface area contributed by atoms with E-state index in [2.05, 4.69) is 17.4 Å². The number of piperidine rings is 1. The maximum Gasteiger partial charge on any atom is 0.231 e. The van der Waals surface area contributed by atoms with Crippen LogP contribution in [0.3, 0.4) is 0 Å². The maximum atomic E-state index is 12.6. The van der Waals surface area contributed by atoms with Crippen molar-refractivity contribution in [3.63, 3.8) is 0 Å². The first kappa shape index (κ1) is 12.6. The summed E-state index contributed by atoms with van der Waals surface area (Å²) in [4.78, 5) is 14.5. The van der Waals surface area contributed by atoms with E-state index in [4.69, 9.17) is 0 Å². The average Bonchev–Trinajstić information content (AvgIpc) is 2.46. The molecule has 4 nitrogen and oxygen atoms in total. The normalized spacial score (nSPS) is 26.9. The molecule has 2 atom stereocenters. The van der Waals surface area contributed by atoms with E-state index in [9.17, 15) is 9.90 Å². The summed E-state index contributed by atoms with van der Waals surface area (Å²) in [6, 6.07) is 8.14. The number of carbonyl (C=O) groups excluding carboxylic acids is 1. The Bertz CT molecular complexity index is 475. The monoisotopic (exact) mass is 260 g/mol. The Morgan fingerprint density at radius 2 is 2.21 bits per heavy atom. The van der Waals surface area contributed by atoms with E-state index in [-0.39, 0.29) is 17.9 Å². The van der Waals surface area contributed by atoms with Crippen molar-refractivity contribution in [2.75, 3.05) is 19.6 Å². The number of rotatable bonds is 1. The van der Waals surface area contributed by atoms with Gasteiger partial charge in [-0.05, 0) is 24.0 Å². The number of β-amino-alcohol motifs (C(OH)–C–C–N with tert-alkyl or cyclic N) is 1. The zero-order chi connectivity index (χ0) is 13.2. The molecule has 0 spiro atoms. The molecule has 1 aromatic rings. The number of aliphatic hydroxyl groups excluding tert-OH is 1. The lowest BCUT2D eigenvalue weighted by molar-refractivity contribution is -0.135. The highest BCUT2D eigenvalue weighted by Crippen LogP contribution is 2.26. The number of benzene rings is 1. The molecule has 102 valence electrons. The molecular formula is C15H20N2O2. The van der Waals surface area contributed by atoms with Crippen LogP contribution in [0.25, 0.3) is 0 Å². The third-order valence-corrected chi connectivity index (χ3v) is 4.10. The molecule has 4 heteroatoms. The molecule has 1 aromatic carbocycles. The van der Waals surface area contributed by atoms with Gasteiger partial charge >= 0.3 is 0 Å². The number of carbonyl (C=O) groups is 1. The van der Waals surface area contributed by atoms with Gasteiger partial charge < -0.3 is 15.3 Å². The number of fused-ring (bicyclic) bond motifs is 1. The molecule has 1 saturated heterocycles. The van der Waals surface area contributed by atoms with Gasteiger partial charge in [0.1, 0.15) is 0 Å². The van der Waals surface area contributed by atoms with Gasteiger partial charge in [0.05, 0.1) is 12.0 Å². The molecule has 2 unspecified atom stereocenters. The van der Waals surface area contributed by atoms with Crippen LogP contribution in [0.4, 0.5) is 0 Å². The number of amides is 1. The van der Waals surface area contributed by atoms with Crippen molar-refractivity contribution in [2.24, 2.45) is 0 Å². The largest absolute Gasteiger partial charge is 0.391 e. The minimum Gasteiger partial charge on any atom is -0.391 e. The van der Waals surface area contributed by atoms with Crippen LogP contribution in [0.15, 0.2) is 24.3 Å². The van der Waals surface area contributed by atoms with E-state index in [0.717, 1.165) is 31.5 Å². The van der Waals surface area contributed by atoms with Crippen LogP contribution in [0.1, 0.15) is 29.9 Å². The molecule has 1 fully saturated rings. The van der Waals surface area contributed by atoms with Gasteiger partial charge in [0.2, 0.25) is 5.91 Å². The molecule has 0 saturated carbocycles. The Balaban J connectivity index is 1.81. The van der Waals surface area contributed by atoms with Gasteiger partial charge in [-0.2, -0.15) is 0 Å². The first-order valence-corrected chi connectivity index (χ1v) is 7.01. The lowest BCUT2D eigenvalue weighted by Crippen LogP contribution is -2.47. The quantitative estimate of drug-likeness (QED) is 0.787. The number of likely N-dealkylation sites (tertiary alicyclic amines) is 1. The minimum absolute atomic E-state index is 0.102. The highest BCUT2D eigenvalue weighted by molar-refractivity contribution is 5.85. The molecular weight excluding hydrogens is 240 g/mol. The fraction of sp³-hybridized carbons (Fsp3) is 0.533. The van der Waals surface area contributed by atoms with Crippen LogP contribution < -0.4 is 5.32 Å². The van der Waals surface area contributed by atoms with E-state index < -0.39 is 0 Å². The Kier molecular flexibility index (Phi) is 3.53. The molecule has 0 aliphatic carbocycles. The number of hydrogen-bond acceptors (Lipinski definition) is 3. The van der Waals surface area contributed by atoms with E-state index in [1.165, 1.54) is 5.56 Å². The number of nitrogens with zero attached hydrogens (tertiary/aromatic N) is 1. The summed E-state index contributed by atoms with van der Waals surface area (Å²) in [5.41, 5.74) is 2.36. The maximum absolute atomic E-state index is 12.6. The summed E-state index contributed by atoms with van der Waals surface area (Å²) >= 11 is 0. The second-order valence-electron chi connectivity index (χ2n) is 5.46. The number of aliphatic hydroxyl groups is 1. The summed E-state index contributed by atoms with van der Waals surface area (Å²) in [7, 11) is 0. The second-order valence-corrected chi connectivity index (χ2v) is 5.46. The van der Waals surface area contributed by atoms with E-state index >= 15 is 0 Å². The molecule has 0 aromatic heterocycles. The minimum atomic E-state index is -0.357. The summed E-state index contributed by atoms with van der Waals surface area (Å²) < 4.78 is 0. The van der Waals surface area contributed by atoms with Gasteiger partial charge in [0.15, 0.2) is 0 Å². The van der Waals surface area contributed by atoms with Crippen molar-refractivity contribution in [3.05, 3.63) is 35.4 Å². The van der Waals surface area contributed by atoms with Crippen molar-refractivity contribution in [1.82, 2.24) is 10.2 Å². The van der Waals surface area contributed by atoms with Crippen LogP contribution in [-0.2, 0) is 11.3 Å². The second kappa shape index (κ2) is 5.31. The fourth-order valence-electron chi connectivity index (χ4n) is 3.09. The third-order valence-electron chi connectivity index (χ3n) is 4.10. The molecule has 2 aliphatic rings. The van der Waals surface area contributed by atoms with Crippen molar-refractivity contribution in [2.45, 2.75) is 31.4 Å². The summed E-state index contributed by atoms with van der Waals surface area (Å²) in [6.07, 6.45) is 1.35. The fourth-order valence-corrected chi connectivity index (χ4v) is 3.09. The Labute approximate surface area is 113 Å². The Hall–Kier alpha value is -1.39. The smallest absolute Gasteiger partial charge is 0.231 e. The molecule has 19 heavy (non-hydrogen) atoms. The number of hydrogen-bond donors (Lipinski definition) is 2. The third kappa shape index (κ3) is 2.51. The van der Waals surface area contributed by atoms with Crippen LogP contribution in [-0.4, -0.2) is 41.7 Å². The van der Waals surface area contributed by atoms with Crippen LogP contribution in [0.2, 0.25) is 0 Å². The highest BCUT2D eigenvalue weighted by atomic mass is 16.3. The van der Waals surface area contributed by atoms with Crippen LogP contribution >= 0.6 is 0 Å². The van der Waals surface area contributed by atoms with Gasteiger partial charge in [-0.1, -0.05) is 24.3 Å². The van der Waals surface area contributed by atoms with Gasteiger partial charge in [-0.3, -0.25) is 4.79 Å². The first-order valence-electron chi connectivity index (χ1n) is 7.01. The first-order chi connectivity index (χ1) is 9.25. The Morgan fingerprint density at radius 1 is 1.37 bits per heavy atom. The summed E-state index contributed by atoms with van der Waals surface area (Å²) in [6.45, 7) is 2.79. The average molecular weight is 260 g/mol. The molecule has 3 rings (SSSR count). The SMILES string of the molecule is O=C(C1CNCc2ccccc21)N1CCCC(O)C1.